The fraction of sp³-hybridized carbons (Fsp3) is 0.400. The van der Waals surface area contributed by atoms with Crippen molar-refractivity contribution in [2.75, 3.05) is 25.0 Å². The van der Waals surface area contributed by atoms with Crippen molar-refractivity contribution in [1.29, 1.82) is 5.26 Å². The number of piperidine rings is 1. The number of hydrogen-bond acceptors (Lipinski definition) is 7. The third-order valence-electron chi connectivity index (χ3n) is 5.58. The van der Waals surface area contributed by atoms with Crippen LogP contribution in [0.25, 0.3) is 0 Å². The third kappa shape index (κ3) is 6.39. The number of anilines is 1. The molecular formula is C25H28N3O5-. The number of carboxylic acid groups (broad SMARTS) is 1. The van der Waals surface area contributed by atoms with Gasteiger partial charge in [0, 0.05) is 31.6 Å². The van der Waals surface area contributed by atoms with E-state index in [1.807, 2.05) is 25.1 Å². The van der Waals surface area contributed by atoms with Gasteiger partial charge in [0.1, 0.15) is 17.9 Å². The van der Waals surface area contributed by atoms with Crippen LogP contribution in [0.1, 0.15) is 49.4 Å². The number of carbonyl (C=O) groups is 2. The number of benzene rings is 2. The van der Waals surface area contributed by atoms with Crippen molar-refractivity contribution < 1.29 is 24.2 Å². The molecule has 1 aliphatic heterocycles. The van der Waals surface area contributed by atoms with Crippen molar-refractivity contribution in [3.05, 3.63) is 59.2 Å². The molecule has 0 aromatic heterocycles. The molecule has 1 fully saturated rings. The van der Waals surface area contributed by atoms with Crippen LogP contribution in [0.3, 0.4) is 0 Å². The largest absolute Gasteiger partial charge is 0.530 e. The molecule has 8 heteroatoms. The second-order valence-corrected chi connectivity index (χ2v) is 7.85. The monoisotopic (exact) mass is 450 g/mol. The molecule has 8 nitrogen and oxygen atoms in total. The predicted molar refractivity (Wildman–Crippen MR) is 121 cm³/mol. The molecule has 1 heterocycles. The Kier molecular flexibility index (Phi) is 8.14. The van der Waals surface area contributed by atoms with Crippen LogP contribution in [-0.4, -0.2) is 42.8 Å². The molecule has 33 heavy (non-hydrogen) atoms. The Labute approximate surface area is 193 Å². The summed E-state index contributed by atoms with van der Waals surface area (Å²) in [7, 11) is 0. The van der Waals surface area contributed by atoms with Gasteiger partial charge in [0.2, 0.25) is 0 Å². The molecule has 1 saturated heterocycles. The zero-order valence-electron chi connectivity index (χ0n) is 18.9. The Bertz CT molecular complexity index is 1010. The summed E-state index contributed by atoms with van der Waals surface area (Å²) in [6.07, 6.45) is 0.622. The standard InChI is InChI=1S/C25H29N3O5/c1-3-17-13-19(15-22(14-17)33-21-9-11-28(12-10-21)25(30)31)23(24(29)32-4-2)27-20-7-5-18(16-26)6-8-20/h5-8,13-15,21,23,27H,3-4,9-12H2,1-2H3,(H,30,31)/p-1. The van der Waals surface area contributed by atoms with Gasteiger partial charge in [0.25, 0.3) is 0 Å². The number of carbonyl (C=O) groups excluding carboxylic acids is 2. The number of esters is 1. The first-order chi connectivity index (χ1) is 15.9. The molecule has 1 amide bonds. The van der Waals surface area contributed by atoms with Crippen molar-refractivity contribution in [3.8, 4) is 11.8 Å². The average molecular weight is 451 g/mol. The van der Waals surface area contributed by atoms with Crippen molar-refractivity contribution in [3.63, 3.8) is 0 Å². The third-order valence-corrected chi connectivity index (χ3v) is 5.58. The van der Waals surface area contributed by atoms with E-state index in [2.05, 4.69) is 11.4 Å². The highest BCUT2D eigenvalue weighted by molar-refractivity contribution is 5.81. The zero-order valence-corrected chi connectivity index (χ0v) is 18.9. The second-order valence-electron chi connectivity index (χ2n) is 7.85. The minimum atomic E-state index is -1.16. The van der Waals surface area contributed by atoms with Gasteiger partial charge in [0.05, 0.1) is 18.2 Å². The van der Waals surface area contributed by atoms with Crippen LogP contribution in [0.15, 0.2) is 42.5 Å². The van der Waals surface area contributed by atoms with Crippen LogP contribution >= 0.6 is 0 Å². The highest BCUT2D eigenvalue weighted by Gasteiger charge is 2.25. The van der Waals surface area contributed by atoms with Gasteiger partial charge in [-0.15, -0.1) is 0 Å². The van der Waals surface area contributed by atoms with E-state index in [-0.39, 0.29) is 12.7 Å². The summed E-state index contributed by atoms with van der Waals surface area (Å²) in [6, 6.07) is 13.9. The van der Waals surface area contributed by atoms with Gasteiger partial charge >= 0.3 is 5.97 Å². The number of amides is 1. The van der Waals surface area contributed by atoms with Gasteiger partial charge in [-0.3, -0.25) is 0 Å². The van der Waals surface area contributed by atoms with E-state index >= 15 is 0 Å². The molecule has 1 N–H and O–H groups in total. The van der Waals surface area contributed by atoms with Crippen LogP contribution in [-0.2, 0) is 16.0 Å². The maximum Gasteiger partial charge on any atom is 0.333 e. The number of nitrogens with zero attached hydrogens (tertiary/aromatic N) is 2. The molecule has 2 aromatic carbocycles. The van der Waals surface area contributed by atoms with Crippen LogP contribution in [0, 0.1) is 11.3 Å². The van der Waals surface area contributed by atoms with Gasteiger partial charge in [-0.2, -0.15) is 5.26 Å². The lowest BCUT2D eigenvalue weighted by Gasteiger charge is -2.33. The Hall–Kier alpha value is -3.73. The number of ether oxygens (including phenoxy) is 2. The Balaban J connectivity index is 1.84. The first-order valence-electron chi connectivity index (χ1n) is 11.1. The normalized spacial score (nSPS) is 14.8. The maximum absolute atomic E-state index is 12.8. The molecule has 0 saturated carbocycles. The van der Waals surface area contributed by atoms with Crippen LogP contribution in [0.2, 0.25) is 0 Å². The SMILES string of the molecule is CCOC(=O)C(Nc1ccc(C#N)cc1)c1cc(CC)cc(OC2CCN(C(=O)[O-])CC2)c1. The van der Waals surface area contributed by atoms with Gasteiger partial charge in [-0.1, -0.05) is 13.0 Å². The van der Waals surface area contributed by atoms with E-state index in [1.165, 1.54) is 4.90 Å². The Morgan fingerprint density at radius 3 is 2.45 bits per heavy atom. The zero-order chi connectivity index (χ0) is 23.8. The summed E-state index contributed by atoms with van der Waals surface area (Å²) in [5, 5.41) is 23.3. The van der Waals surface area contributed by atoms with Crippen molar-refractivity contribution in [1.82, 2.24) is 4.90 Å². The fourth-order valence-corrected chi connectivity index (χ4v) is 3.79. The van der Waals surface area contributed by atoms with E-state index < -0.39 is 18.1 Å². The van der Waals surface area contributed by atoms with E-state index in [0.717, 1.165) is 12.0 Å². The van der Waals surface area contributed by atoms with E-state index in [9.17, 15) is 14.7 Å². The van der Waals surface area contributed by atoms with Gasteiger partial charge in [-0.25, -0.2) is 4.79 Å². The van der Waals surface area contributed by atoms with Crippen molar-refractivity contribution >= 4 is 17.7 Å². The van der Waals surface area contributed by atoms with Crippen molar-refractivity contribution in [2.24, 2.45) is 0 Å². The predicted octanol–water partition coefficient (Wildman–Crippen LogP) is 3.02. The quantitative estimate of drug-likeness (QED) is 0.615. The average Bonchev–Trinajstić information content (AvgIpc) is 2.83. The first-order valence-corrected chi connectivity index (χ1v) is 11.1. The minimum Gasteiger partial charge on any atom is -0.530 e. The lowest BCUT2D eigenvalue weighted by Crippen LogP contribution is -2.47. The molecule has 0 bridgehead atoms. The molecule has 1 atom stereocenters. The van der Waals surface area contributed by atoms with E-state index in [0.29, 0.717) is 48.5 Å². The number of likely N-dealkylation sites (tertiary alicyclic amines) is 1. The molecule has 1 unspecified atom stereocenters. The summed E-state index contributed by atoms with van der Waals surface area (Å²) in [4.78, 5) is 25.1. The lowest BCUT2D eigenvalue weighted by atomic mass is 10.0. The number of hydrogen-bond donors (Lipinski definition) is 1. The highest BCUT2D eigenvalue weighted by atomic mass is 16.5. The smallest absolute Gasteiger partial charge is 0.333 e. The van der Waals surface area contributed by atoms with Crippen molar-refractivity contribution in [2.45, 2.75) is 45.3 Å². The summed E-state index contributed by atoms with van der Waals surface area (Å²) in [5.41, 5.74) is 2.93. The van der Waals surface area contributed by atoms with Crippen LogP contribution in [0.5, 0.6) is 5.75 Å². The number of nitrogens with one attached hydrogen (secondary N) is 1. The second kappa shape index (κ2) is 11.2. The van der Waals surface area contributed by atoms with E-state index in [4.69, 9.17) is 14.7 Å². The molecule has 0 spiro atoms. The van der Waals surface area contributed by atoms with Crippen LogP contribution in [0.4, 0.5) is 10.5 Å². The highest BCUT2D eigenvalue weighted by Crippen LogP contribution is 2.29. The maximum atomic E-state index is 12.8. The summed E-state index contributed by atoms with van der Waals surface area (Å²) >= 11 is 0. The summed E-state index contributed by atoms with van der Waals surface area (Å²) in [6.45, 7) is 4.78. The molecule has 174 valence electrons. The summed E-state index contributed by atoms with van der Waals surface area (Å²) < 4.78 is 11.5. The topological polar surface area (TPSA) is 115 Å². The molecule has 0 aliphatic carbocycles. The van der Waals surface area contributed by atoms with Crippen LogP contribution < -0.4 is 15.2 Å². The Morgan fingerprint density at radius 1 is 1.18 bits per heavy atom. The molecule has 0 radical (unpaired) electrons. The fourth-order valence-electron chi connectivity index (χ4n) is 3.79. The number of nitriles is 1. The molecule has 2 aromatic rings. The summed E-state index contributed by atoms with van der Waals surface area (Å²) in [5.74, 6) is 0.218. The molecular weight excluding hydrogens is 422 g/mol. The molecule has 1 aliphatic rings. The van der Waals surface area contributed by atoms with Gasteiger partial charge in [-0.05, 0) is 60.9 Å². The van der Waals surface area contributed by atoms with Gasteiger partial charge in [0.15, 0.2) is 6.04 Å². The first kappa shape index (κ1) is 23.9. The number of aryl methyl sites for hydroxylation is 1. The van der Waals surface area contributed by atoms with E-state index in [1.54, 1.807) is 31.2 Å². The Morgan fingerprint density at radius 2 is 1.88 bits per heavy atom. The lowest BCUT2D eigenvalue weighted by molar-refractivity contribution is -0.266. The number of rotatable bonds is 8. The molecule has 3 rings (SSSR count). The minimum absolute atomic E-state index is 0.118. The van der Waals surface area contributed by atoms with Gasteiger partial charge < -0.3 is 29.6 Å².